The lowest BCUT2D eigenvalue weighted by molar-refractivity contribution is 0.0990. The van der Waals surface area contributed by atoms with E-state index in [0.29, 0.717) is 23.3 Å². The summed E-state index contributed by atoms with van der Waals surface area (Å²) in [6.45, 7) is 0.400. The summed E-state index contributed by atoms with van der Waals surface area (Å²) in [5, 5.41) is 0.343. The van der Waals surface area contributed by atoms with E-state index < -0.39 is 11.5 Å². The number of hydrogen-bond acceptors (Lipinski definition) is 4. The van der Waals surface area contributed by atoms with Crippen LogP contribution in [-0.2, 0) is 6.61 Å². The minimum atomic E-state index is -0.775. The lowest BCUT2D eigenvalue weighted by Gasteiger charge is -2.07. The highest BCUT2D eigenvalue weighted by molar-refractivity contribution is 5.91. The predicted molar refractivity (Wildman–Crippen MR) is 81.7 cm³/mol. The minimum absolute atomic E-state index is 0.157. The standard InChI is InChI=1S/C16H13N3O3/c17-14(20)15-18-13-7-6-11(8-12(13)16(21)19-15)22-9-10-4-2-1-3-5-10/h1-8H,9H2,(H2,17,20)(H,18,19,21). The molecule has 0 fully saturated rings. The van der Waals surface area contributed by atoms with Gasteiger partial charge in [-0.25, -0.2) is 4.98 Å². The van der Waals surface area contributed by atoms with E-state index in [1.54, 1.807) is 18.2 Å². The van der Waals surface area contributed by atoms with Gasteiger partial charge in [-0.1, -0.05) is 30.3 Å². The van der Waals surface area contributed by atoms with Crippen molar-refractivity contribution in [2.75, 3.05) is 0 Å². The van der Waals surface area contributed by atoms with E-state index in [1.807, 2.05) is 30.3 Å². The summed E-state index contributed by atoms with van der Waals surface area (Å²) in [5.74, 6) is -0.380. The van der Waals surface area contributed by atoms with E-state index in [9.17, 15) is 9.59 Å². The van der Waals surface area contributed by atoms with Gasteiger partial charge in [-0.15, -0.1) is 0 Å². The third kappa shape index (κ3) is 2.80. The number of fused-ring (bicyclic) bond motifs is 1. The number of benzene rings is 2. The van der Waals surface area contributed by atoms with Gasteiger partial charge in [0.2, 0.25) is 0 Å². The van der Waals surface area contributed by atoms with Gasteiger partial charge >= 0.3 is 0 Å². The molecule has 0 saturated heterocycles. The van der Waals surface area contributed by atoms with Crippen molar-refractivity contribution >= 4 is 16.8 Å². The molecule has 6 nitrogen and oxygen atoms in total. The van der Waals surface area contributed by atoms with Crippen molar-refractivity contribution in [3.05, 3.63) is 70.3 Å². The van der Waals surface area contributed by atoms with Crippen LogP contribution in [0.1, 0.15) is 16.2 Å². The largest absolute Gasteiger partial charge is 0.489 e. The molecule has 0 bridgehead atoms. The molecule has 0 aliphatic rings. The van der Waals surface area contributed by atoms with Crippen LogP contribution in [0.15, 0.2) is 53.3 Å². The molecule has 0 aliphatic carbocycles. The molecule has 1 heterocycles. The molecule has 6 heteroatoms. The molecule has 1 aromatic heterocycles. The van der Waals surface area contributed by atoms with Gasteiger partial charge in [0.05, 0.1) is 10.9 Å². The Kier molecular flexibility index (Phi) is 3.57. The maximum atomic E-state index is 12.0. The van der Waals surface area contributed by atoms with E-state index in [2.05, 4.69) is 9.97 Å². The second kappa shape index (κ2) is 5.69. The summed E-state index contributed by atoms with van der Waals surface area (Å²) in [6, 6.07) is 14.6. The molecule has 0 spiro atoms. The number of carbonyl (C=O) groups is 1. The second-order valence-corrected chi connectivity index (χ2v) is 4.73. The first kappa shape index (κ1) is 13.8. The number of aromatic nitrogens is 2. The number of nitrogens with one attached hydrogen (secondary N) is 1. The topological polar surface area (TPSA) is 98.1 Å². The smallest absolute Gasteiger partial charge is 0.284 e. The average Bonchev–Trinajstić information content (AvgIpc) is 2.54. The van der Waals surface area contributed by atoms with Gasteiger partial charge in [-0.3, -0.25) is 9.59 Å². The molecule has 110 valence electrons. The molecule has 0 atom stereocenters. The first-order valence-electron chi connectivity index (χ1n) is 6.64. The number of nitrogens with zero attached hydrogens (tertiary/aromatic N) is 1. The van der Waals surface area contributed by atoms with Crippen LogP contribution in [0.5, 0.6) is 5.75 Å². The lowest BCUT2D eigenvalue weighted by Crippen LogP contribution is -2.21. The highest BCUT2D eigenvalue weighted by Crippen LogP contribution is 2.18. The first-order chi connectivity index (χ1) is 10.6. The van der Waals surface area contributed by atoms with E-state index in [4.69, 9.17) is 10.5 Å². The Morgan fingerprint density at radius 3 is 2.68 bits per heavy atom. The van der Waals surface area contributed by atoms with Crippen molar-refractivity contribution in [2.24, 2.45) is 5.73 Å². The Labute approximate surface area is 125 Å². The van der Waals surface area contributed by atoms with Gasteiger partial charge in [-0.05, 0) is 23.8 Å². The lowest BCUT2D eigenvalue weighted by atomic mass is 10.2. The fraction of sp³-hybridized carbons (Fsp3) is 0.0625. The van der Waals surface area contributed by atoms with Crippen LogP contribution >= 0.6 is 0 Å². The molecular weight excluding hydrogens is 282 g/mol. The van der Waals surface area contributed by atoms with Gasteiger partial charge < -0.3 is 15.5 Å². The molecule has 1 amide bonds. The highest BCUT2D eigenvalue weighted by atomic mass is 16.5. The van der Waals surface area contributed by atoms with Crippen molar-refractivity contribution in [2.45, 2.75) is 6.61 Å². The van der Waals surface area contributed by atoms with Gasteiger partial charge in [-0.2, -0.15) is 0 Å². The summed E-state index contributed by atoms with van der Waals surface area (Å²) in [4.78, 5) is 29.4. The van der Waals surface area contributed by atoms with Gasteiger partial charge in [0.1, 0.15) is 12.4 Å². The van der Waals surface area contributed by atoms with Crippen molar-refractivity contribution in [3.63, 3.8) is 0 Å². The van der Waals surface area contributed by atoms with Crippen LogP contribution < -0.4 is 16.0 Å². The number of aromatic amines is 1. The number of carbonyl (C=O) groups excluding carboxylic acids is 1. The summed E-state index contributed by atoms with van der Waals surface area (Å²) in [7, 11) is 0. The van der Waals surface area contributed by atoms with Gasteiger partial charge in [0.25, 0.3) is 11.5 Å². The highest BCUT2D eigenvalue weighted by Gasteiger charge is 2.09. The minimum Gasteiger partial charge on any atom is -0.489 e. The Morgan fingerprint density at radius 2 is 1.95 bits per heavy atom. The maximum Gasteiger partial charge on any atom is 0.284 e. The summed E-state index contributed by atoms with van der Waals surface area (Å²) < 4.78 is 5.66. The molecule has 0 saturated carbocycles. The van der Waals surface area contributed by atoms with Crippen LogP contribution in [0.3, 0.4) is 0 Å². The molecular formula is C16H13N3O3. The third-order valence-electron chi connectivity index (χ3n) is 3.16. The molecule has 0 radical (unpaired) electrons. The fourth-order valence-electron chi connectivity index (χ4n) is 2.07. The zero-order chi connectivity index (χ0) is 15.5. The number of primary amides is 1. The molecule has 3 rings (SSSR count). The fourth-order valence-corrected chi connectivity index (χ4v) is 2.07. The van der Waals surface area contributed by atoms with Crippen LogP contribution in [0.4, 0.5) is 0 Å². The molecule has 22 heavy (non-hydrogen) atoms. The van der Waals surface area contributed by atoms with Gasteiger partial charge in [0, 0.05) is 0 Å². The van der Waals surface area contributed by atoms with E-state index in [-0.39, 0.29) is 5.82 Å². The van der Waals surface area contributed by atoms with E-state index in [1.165, 1.54) is 0 Å². The van der Waals surface area contributed by atoms with Gasteiger partial charge in [0.15, 0.2) is 5.82 Å². The first-order valence-corrected chi connectivity index (χ1v) is 6.64. The number of amides is 1. The van der Waals surface area contributed by atoms with Crippen LogP contribution in [0.2, 0.25) is 0 Å². The van der Waals surface area contributed by atoms with Crippen LogP contribution in [0, 0.1) is 0 Å². The maximum absolute atomic E-state index is 12.0. The normalized spacial score (nSPS) is 10.5. The Bertz CT molecular complexity index is 888. The van der Waals surface area contributed by atoms with Crippen molar-refractivity contribution < 1.29 is 9.53 Å². The Morgan fingerprint density at radius 1 is 1.18 bits per heavy atom. The number of rotatable bonds is 4. The van der Waals surface area contributed by atoms with E-state index in [0.717, 1.165) is 5.56 Å². The molecule has 0 unspecified atom stereocenters. The summed E-state index contributed by atoms with van der Waals surface area (Å²) >= 11 is 0. The molecule has 3 N–H and O–H groups in total. The zero-order valence-corrected chi connectivity index (χ0v) is 11.6. The summed E-state index contributed by atoms with van der Waals surface area (Å²) in [5.41, 5.74) is 6.11. The van der Waals surface area contributed by atoms with Crippen molar-refractivity contribution in [1.29, 1.82) is 0 Å². The second-order valence-electron chi connectivity index (χ2n) is 4.73. The number of nitrogens with two attached hydrogens (primary N) is 1. The number of hydrogen-bond donors (Lipinski definition) is 2. The number of ether oxygens (including phenoxy) is 1. The molecule has 3 aromatic rings. The number of H-pyrrole nitrogens is 1. The van der Waals surface area contributed by atoms with Crippen molar-refractivity contribution in [1.82, 2.24) is 9.97 Å². The SMILES string of the molecule is NC(=O)c1nc2ccc(OCc3ccccc3)cc2c(=O)[nH]1. The predicted octanol–water partition coefficient (Wildman–Crippen LogP) is 1.60. The van der Waals surface area contributed by atoms with Crippen molar-refractivity contribution in [3.8, 4) is 5.75 Å². The monoisotopic (exact) mass is 295 g/mol. The average molecular weight is 295 g/mol. The summed E-state index contributed by atoms with van der Waals surface area (Å²) in [6.07, 6.45) is 0. The Hall–Kier alpha value is -3.15. The Balaban J connectivity index is 1.90. The quantitative estimate of drug-likeness (QED) is 0.763. The molecule has 0 aliphatic heterocycles. The van der Waals surface area contributed by atoms with Crippen LogP contribution in [-0.4, -0.2) is 15.9 Å². The van der Waals surface area contributed by atoms with E-state index >= 15 is 0 Å². The van der Waals surface area contributed by atoms with Crippen LogP contribution in [0.25, 0.3) is 10.9 Å². The molecule has 2 aromatic carbocycles. The third-order valence-corrected chi connectivity index (χ3v) is 3.16. The zero-order valence-electron chi connectivity index (χ0n) is 11.6.